The molecule has 5 heterocycles. The normalized spacial score (nSPS) is 14.7. The number of aryl methyl sites for hydroxylation is 1. The Morgan fingerprint density at radius 3 is 2.45 bits per heavy atom. The second-order valence-corrected chi connectivity index (χ2v) is 10.8. The van der Waals surface area contributed by atoms with Gasteiger partial charge in [0.2, 0.25) is 0 Å². The fourth-order valence-electron chi connectivity index (χ4n) is 5.17. The topological polar surface area (TPSA) is 115 Å². The number of carbonyl (C=O) groups is 2. The number of fused-ring (bicyclic) bond motifs is 1. The molecule has 0 unspecified atom stereocenters. The molecule has 1 amide bonds. The molecule has 0 aliphatic carbocycles. The van der Waals surface area contributed by atoms with Crippen molar-refractivity contribution in [1.82, 2.24) is 19.9 Å². The molecule has 6 rings (SSSR count). The Labute approximate surface area is 252 Å². The van der Waals surface area contributed by atoms with Crippen molar-refractivity contribution in [2.75, 3.05) is 18.8 Å². The highest BCUT2D eigenvalue weighted by Gasteiger charge is 2.35. The van der Waals surface area contributed by atoms with Gasteiger partial charge in [-0.25, -0.2) is 13.8 Å². The van der Waals surface area contributed by atoms with Crippen LogP contribution in [0.5, 0.6) is 0 Å². The first-order chi connectivity index (χ1) is 21.2. The second kappa shape index (κ2) is 12.2. The van der Waals surface area contributed by atoms with E-state index in [1.807, 2.05) is 30.3 Å². The lowest BCUT2D eigenvalue weighted by Crippen LogP contribution is -2.42. The fraction of sp³-hybridized carbons (Fsp3) is 0.206. The van der Waals surface area contributed by atoms with Crippen LogP contribution in [0, 0.1) is 0 Å². The van der Waals surface area contributed by atoms with Crippen LogP contribution in [0.2, 0.25) is 0 Å². The number of halogens is 2. The molecule has 0 saturated carbocycles. The average molecular weight is 594 g/mol. The van der Waals surface area contributed by atoms with Crippen molar-refractivity contribution < 1.29 is 22.8 Å². The second-order valence-electron chi connectivity index (χ2n) is 10.8. The molecule has 0 bridgehead atoms. The van der Waals surface area contributed by atoms with Crippen molar-refractivity contribution in [1.29, 1.82) is 0 Å². The fourth-order valence-corrected chi connectivity index (χ4v) is 5.17. The predicted molar refractivity (Wildman–Crippen MR) is 164 cm³/mol. The van der Waals surface area contributed by atoms with Crippen LogP contribution in [-0.4, -0.2) is 50.6 Å². The van der Waals surface area contributed by atoms with Crippen LogP contribution in [0.25, 0.3) is 39.4 Å². The van der Waals surface area contributed by atoms with Gasteiger partial charge < -0.3 is 15.1 Å². The van der Waals surface area contributed by atoms with Crippen molar-refractivity contribution in [2.45, 2.75) is 31.6 Å². The summed E-state index contributed by atoms with van der Waals surface area (Å²) < 4.78 is 33.4. The smallest absolute Gasteiger partial charge is 0.255 e. The number of allylic oxidation sites excluding steroid dienone is 1. The van der Waals surface area contributed by atoms with Crippen LogP contribution < -0.4 is 5.73 Å². The van der Waals surface area contributed by atoms with E-state index in [4.69, 9.17) is 10.2 Å². The maximum Gasteiger partial charge on any atom is 0.255 e. The van der Waals surface area contributed by atoms with Gasteiger partial charge in [0, 0.05) is 80.1 Å². The van der Waals surface area contributed by atoms with Crippen LogP contribution in [-0.2, 0) is 11.2 Å². The SMILES string of the molecule is Nc1ccc(/C=C/C(=O)CCc2cc3cc(-c4ccc(C(=O)N5CCC(F)(F)CC5)cn4)cc(-c4ccncc4)c3o2)cn1. The summed E-state index contributed by atoms with van der Waals surface area (Å²) in [7, 11) is 0. The van der Waals surface area contributed by atoms with Crippen LogP contribution in [0.4, 0.5) is 14.6 Å². The highest BCUT2D eigenvalue weighted by molar-refractivity contribution is 5.98. The van der Waals surface area contributed by atoms with Gasteiger partial charge in [-0.3, -0.25) is 19.6 Å². The number of amides is 1. The Bertz CT molecular complexity index is 1830. The van der Waals surface area contributed by atoms with Gasteiger partial charge >= 0.3 is 0 Å². The van der Waals surface area contributed by atoms with Crippen LogP contribution in [0.3, 0.4) is 0 Å². The molecular weight excluding hydrogens is 564 g/mol. The van der Waals surface area contributed by atoms with E-state index in [0.29, 0.717) is 34.8 Å². The van der Waals surface area contributed by atoms with Crippen LogP contribution >= 0.6 is 0 Å². The number of hydrogen-bond acceptors (Lipinski definition) is 7. The van der Waals surface area contributed by atoms with Gasteiger partial charge in [0.25, 0.3) is 11.8 Å². The molecule has 1 saturated heterocycles. The number of ketones is 1. The summed E-state index contributed by atoms with van der Waals surface area (Å²) in [6.07, 6.45) is 9.75. The van der Waals surface area contributed by atoms with Crippen molar-refractivity contribution in [2.24, 2.45) is 0 Å². The van der Waals surface area contributed by atoms with E-state index in [0.717, 1.165) is 27.6 Å². The quantitative estimate of drug-likeness (QED) is 0.201. The summed E-state index contributed by atoms with van der Waals surface area (Å²) in [6, 6.07) is 16.5. The molecule has 8 nitrogen and oxygen atoms in total. The number of nitrogens with zero attached hydrogens (tertiary/aromatic N) is 4. The Balaban J connectivity index is 1.23. The standard InChI is InChI=1S/C34H29F2N5O3/c35-34(36)11-15-41(16-12-34)33(43)24-3-7-30(39-21-24)25-17-26-18-28(44-32(26)29(19-25)23-9-13-38-14-10-23)6-5-27(42)4-1-22-2-8-31(37)40-20-22/h1-4,7-10,13-14,17-21H,5-6,11-12,15-16H2,(H2,37,40)/b4-1+. The van der Waals surface area contributed by atoms with E-state index in [2.05, 4.69) is 15.0 Å². The Hall–Kier alpha value is -5.25. The summed E-state index contributed by atoms with van der Waals surface area (Å²) in [4.78, 5) is 39.6. The molecule has 0 radical (unpaired) electrons. The Morgan fingerprint density at radius 1 is 0.955 bits per heavy atom. The number of aromatic nitrogens is 3. The number of benzene rings is 1. The third-order valence-electron chi connectivity index (χ3n) is 7.64. The number of furan rings is 1. The van der Waals surface area contributed by atoms with Crippen molar-refractivity contribution >= 4 is 34.6 Å². The zero-order valence-electron chi connectivity index (χ0n) is 23.7. The molecule has 44 heavy (non-hydrogen) atoms. The summed E-state index contributed by atoms with van der Waals surface area (Å²) in [5, 5.41) is 0.844. The van der Waals surface area contributed by atoms with Gasteiger partial charge in [0.05, 0.1) is 11.3 Å². The third-order valence-corrected chi connectivity index (χ3v) is 7.64. The molecule has 10 heteroatoms. The first-order valence-corrected chi connectivity index (χ1v) is 14.3. The lowest BCUT2D eigenvalue weighted by Gasteiger charge is -2.31. The lowest BCUT2D eigenvalue weighted by molar-refractivity contribution is -0.114. The molecule has 4 aromatic heterocycles. The first-order valence-electron chi connectivity index (χ1n) is 14.3. The molecule has 1 fully saturated rings. The van der Waals surface area contributed by atoms with Gasteiger partial charge in [-0.1, -0.05) is 0 Å². The number of nitrogens with two attached hydrogens (primary N) is 1. The predicted octanol–water partition coefficient (Wildman–Crippen LogP) is 6.62. The number of pyridine rings is 3. The van der Waals surface area contributed by atoms with Crippen LogP contribution in [0.1, 0.15) is 40.9 Å². The maximum atomic E-state index is 13.5. The summed E-state index contributed by atoms with van der Waals surface area (Å²) in [5.41, 5.74) is 10.6. The maximum absolute atomic E-state index is 13.5. The number of likely N-dealkylation sites (tertiary alicyclic amines) is 1. The first kappa shape index (κ1) is 28.9. The average Bonchev–Trinajstić information content (AvgIpc) is 3.46. The monoisotopic (exact) mass is 593 g/mol. The molecule has 1 aromatic carbocycles. The number of anilines is 1. The molecule has 0 atom stereocenters. The van der Waals surface area contributed by atoms with E-state index in [1.165, 1.54) is 17.2 Å². The number of alkyl halides is 2. The number of rotatable bonds is 8. The minimum Gasteiger partial charge on any atom is -0.460 e. The van der Waals surface area contributed by atoms with Crippen molar-refractivity contribution in [3.63, 3.8) is 0 Å². The lowest BCUT2D eigenvalue weighted by atomic mass is 9.99. The minimum atomic E-state index is -2.72. The van der Waals surface area contributed by atoms with E-state index < -0.39 is 5.92 Å². The molecular formula is C34H29F2N5O3. The van der Waals surface area contributed by atoms with E-state index in [-0.39, 0.29) is 44.0 Å². The summed E-state index contributed by atoms with van der Waals surface area (Å²) in [6.45, 7) is 0.0363. The van der Waals surface area contributed by atoms with Crippen LogP contribution in [0.15, 0.2) is 89.9 Å². The highest BCUT2D eigenvalue weighted by atomic mass is 19.3. The largest absolute Gasteiger partial charge is 0.460 e. The minimum absolute atomic E-state index is 0.0182. The van der Waals surface area contributed by atoms with E-state index in [9.17, 15) is 18.4 Å². The van der Waals surface area contributed by atoms with Gasteiger partial charge in [0.1, 0.15) is 17.2 Å². The van der Waals surface area contributed by atoms with Gasteiger partial charge in [0.15, 0.2) is 5.78 Å². The van der Waals surface area contributed by atoms with Crippen molar-refractivity contribution in [3.05, 3.63) is 102 Å². The van der Waals surface area contributed by atoms with E-state index in [1.54, 1.807) is 48.9 Å². The third kappa shape index (κ3) is 6.54. The molecule has 1 aliphatic rings. The molecule has 1 aliphatic heterocycles. The number of nitrogen functional groups attached to an aromatic ring is 1. The van der Waals surface area contributed by atoms with Gasteiger partial charge in [-0.05, 0) is 77.9 Å². The summed E-state index contributed by atoms with van der Waals surface area (Å²) >= 11 is 0. The number of carbonyl (C=O) groups excluding carboxylic acids is 2. The van der Waals surface area contributed by atoms with Gasteiger partial charge in [-0.15, -0.1) is 0 Å². The zero-order chi connectivity index (χ0) is 30.7. The Morgan fingerprint density at radius 2 is 1.75 bits per heavy atom. The number of piperidine rings is 1. The highest BCUT2D eigenvalue weighted by Crippen LogP contribution is 2.36. The molecule has 222 valence electrons. The molecule has 2 N–H and O–H groups in total. The zero-order valence-corrected chi connectivity index (χ0v) is 23.7. The van der Waals surface area contributed by atoms with E-state index >= 15 is 0 Å². The summed E-state index contributed by atoms with van der Waals surface area (Å²) in [5.74, 6) is -1.99. The van der Waals surface area contributed by atoms with Crippen molar-refractivity contribution in [3.8, 4) is 22.4 Å². The Kier molecular flexibility index (Phi) is 7.97. The number of hydrogen-bond donors (Lipinski definition) is 1. The van der Waals surface area contributed by atoms with Gasteiger partial charge in [-0.2, -0.15) is 0 Å². The molecule has 5 aromatic rings. The molecule has 0 spiro atoms.